The number of carbonyl (C=O) groups is 1. The van der Waals surface area contributed by atoms with E-state index in [0.717, 1.165) is 44.1 Å². The van der Waals surface area contributed by atoms with Crippen molar-refractivity contribution in [2.45, 2.75) is 63.8 Å². The van der Waals surface area contributed by atoms with E-state index in [1.807, 2.05) is 0 Å². The SMILES string of the molecule is CC1CCC(CCNC(=O)C2(N)CCC2)CC1. The van der Waals surface area contributed by atoms with Crippen LogP contribution in [0.1, 0.15) is 58.3 Å². The van der Waals surface area contributed by atoms with Crippen LogP contribution in [0.15, 0.2) is 0 Å². The smallest absolute Gasteiger partial charge is 0.240 e. The summed E-state index contributed by atoms with van der Waals surface area (Å²) in [5.41, 5.74) is 5.45. The molecule has 0 aromatic rings. The van der Waals surface area contributed by atoms with E-state index in [-0.39, 0.29) is 5.91 Å². The summed E-state index contributed by atoms with van der Waals surface area (Å²) in [5.74, 6) is 1.80. The highest BCUT2D eigenvalue weighted by atomic mass is 16.2. The third-order valence-electron chi connectivity index (χ3n) is 4.67. The Labute approximate surface area is 105 Å². The Bertz CT molecular complexity index is 265. The average Bonchev–Trinajstić information content (AvgIpc) is 2.28. The van der Waals surface area contributed by atoms with Gasteiger partial charge in [0.05, 0.1) is 5.54 Å². The molecule has 0 aromatic carbocycles. The van der Waals surface area contributed by atoms with Gasteiger partial charge in [-0.25, -0.2) is 0 Å². The molecule has 2 aliphatic rings. The fourth-order valence-corrected chi connectivity index (χ4v) is 2.97. The van der Waals surface area contributed by atoms with Crippen LogP contribution in [-0.2, 0) is 4.79 Å². The van der Waals surface area contributed by atoms with Gasteiger partial charge in [0.25, 0.3) is 0 Å². The monoisotopic (exact) mass is 238 g/mol. The quantitative estimate of drug-likeness (QED) is 0.789. The first-order valence-corrected chi connectivity index (χ1v) is 7.17. The lowest BCUT2D eigenvalue weighted by atomic mass is 9.77. The number of carbonyl (C=O) groups excluding carboxylic acids is 1. The Morgan fingerprint density at radius 2 is 1.94 bits per heavy atom. The summed E-state index contributed by atoms with van der Waals surface area (Å²) >= 11 is 0. The van der Waals surface area contributed by atoms with E-state index in [0.29, 0.717) is 0 Å². The lowest BCUT2D eigenvalue weighted by Crippen LogP contribution is -2.58. The van der Waals surface area contributed by atoms with Crippen molar-refractivity contribution in [1.29, 1.82) is 0 Å². The molecule has 0 saturated heterocycles. The highest BCUT2D eigenvalue weighted by molar-refractivity contribution is 5.86. The molecular formula is C14H26N2O. The number of hydrogen-bond donors (Lipinski definition) is 2. The van der Waals surface area contributed by atoms with Gasteiger partial charge in [0.15, 0.2) is 0 Å². The van der Waals surface area contributed by atoms with E-state index < -0.39 is 5.54 Å². The van der Waals surface area contributed by atoms with Crippen molar-refractivity contribution in [2.75, 3.05) is 6.54 Å². The maximum atomic E-state index is 11.8. The van der Waals surface area contributed by atoms with E-state index in [9.17, 15) is 4.79 Å². The Balaban J connectivity index is 1.61. The van der Waals surface area contributed by atoms with Crippen molar-refractivity contribution in [3.05, 3.63) is 0 Å². The molecule has 0 aliphatic heterocycles. The van der Waals surface area contributed by atoms with Gasteiger partial charge in [-0.1, -0.05) is 32.6 Å². The molecule has 0 bridgehead atoms. The lowest BCUT2D eigenvalue weighted by molar-refractivity contribution is -0.129. The van der Waals surface area contributed by atoms with Crippen LogP contribution >= 0.6 is 0 Å². The van der Waals surface area contributed by atoms with Crippen molar-refractivity contribution in [1.82, 2.24) is 5.32 Å². The zero-order chi connectivity index (χ0) is 12.3. The normalized spacial score (nSPS) is 31.6. The van der Waals surface area contributed by atoms with E-state index >= 15 is 0 Å². The minimum absolute atomic E-state index is 0.0768. The zero-order valence-electron chi connectivity index (χ0n) is 11.0. The van der Waals surface area contributed by atoms with Crippen LogP contribution in [-0.4, -0.2) is 18.0 Å². The molecule has 3 N–H and O–H groups in total. The van der Waals surface area contributed by atoms with Crippen LogP contribution in [0, 0.1) is 11.8 Å². The van der Waals surface area contributed by atoms with Crippen molar-refractivity contribution >= 4 is 5.91 Å². The molecule has 0 atom stereocenters. The van der Waals surface area contributed by atoms with Gasteiger partial charge in [-0.05, 0) is 37.5 Å². The molecule has 2 aliphatic carbocycles. The number of hydrogen-bond acceptors (Lipinski definition) is 2. The highest BCUT2D eigenvalue weighted by Gasteiger charge is 2.39. The summed E-state index contributed by atoms with van der Waals surface area (Å²) in [6, 6.07) is 0. The molecule has 0 unspecified atom stereocenters. The molecule has 3 heteroatoms. The Morgan fingerprint density at radius 3 is 2.47 bits per heavy atom. The molecule has 0 heterocycles. The summed E-state index contributed by atoms with van der Waals surface area (Å²) in [7, 11) is 0. The third-order valence-corrected chi connectivity index (χ3v) is 4.67. The predicted molar refractivity (Wildman–Crippen MR) is 69.5 cm³/mol. The zero-order valence-corrected chi connectivity index (χ0v) is 11.0. The summed E-state index contributed by atoms with van der Waals surface area (Å²) in [6.45, 7) is 3.16. The first kappa shape index (κ1) is 12.9. The van der Waals surface area contributed by atoms with E-state index in [2.05, 4.69) is 12.2 Å². The standard InChI is InChI=1S/C14H26N2O/c1-11-3-5-12(6-4-11)7-10-16-13(17)14(15)8-2-9-14/h11-12H,2-10,15H2,1H3,(H,16,17). The Hall–Kier alpha value is -0.570. The maximum Gasteiger partial charge on any atom is 0.240 e. The van der Waals surface area contributed by atoms with Gasteiger partial charge in [0, 0.05) is 6.54 Å². The van der Waals surface area contributed by atoms with E-state index in [4.69, 9.17) is 5.73 Å². The second-order valence-corrected chi connectivity index (χ2v) is 6.18. The Kier molecular flexibility index (Phi) is 4.08. The van der Waals surface area contributed by atoms with Crippen LogP contribution < -0.4 is 11.1 Å². The van der Waals surface area contributed by atoms with Crippen molar-refractivity contribution in [2.24, 2.45) is 17.6 Å². The predicted octanol–water partition coefficient (Wildman–Crippen LogP) is 2.20. The molecule has 3 nitrogen and oxygen atoms in total. The third kappa shape index (κ3) is 3.21. The summed E-state index contributed by atoms with van der Waals surface area (Å²) in [4.78, 5) is 11.8. The minimum Gasteiger partial charge on any atom is -0.354 e. The van der Waals surface area contributed by atoms with Crippen LogP contribution in [0.25, 0.3) is 0 Å². The summed E-state index contributed by atoms with van der Waals surface area (Å²) < 4.78 is 0. The highest BCUT2D eigenvalue weighted by Crippen LogP contribution is 2.31. The number of nitrogens with two attached hydrogens (primary N) is 1. The maximum absolute atomic E-state index is 11.8. The fourth-order valence-electron chi connectivity index (χ4n) is 2.97. The molecule has 0 aromatic heterocycles. The van der Waals surface area contributed by atoms with E-state index in [1.165, 1.54) is 25.7 Å². The van der Waals surface area contributed by atoms with Crippen LogP contribution in [0.5, 0.6) is 0 Å². The lowest BCUT2D eigenvalue weighted by Gasteiger charge is -2.36. The molecule has 2 fully saturated rings. The molecule has 0 radical (unpaired) electrons. The van der Waals surface area contributed by atoms with Crippen molar-refractivity contribution < 1.29 is 4.79 Å². The minimum atomic E-state index is -0.527. The fraction of sp³-hybridized carbons (Fsp3) is 0.929. The number of nitrogens with one attached hydrogen (secondary N) is 1. The number of rotatable bonds is 4. The summed E-state index contributed by atoms with van der Waals surface area (Å²) in [5, 5.41) is 3.02. The molecule has 0 spiro atoms. The molecule has 2 saturated carbocycles. The second-order valence-electron chi connectivity index (χ2n) is 6.18. The van der Waals surface area contributed by atoms with Gasteiger partial charge >= 0.3 is 0 Å². The molecular weight excluding hydrogens is 212 g/mol. The van der Waals surface area contributed by atoms with Gasteiger partial charge in [-0.15, -0.1) is 0 Å². The van der Waals surface area contributed by atoms with E-state index in [1.54, 1.807) is 0 Å². The first-order valence-electron chi connectivity index (χ1n) is 7.17. The Morgan fingerprint density at radius 1 is 1.29 bits per heavy atom. The van der Waals surface area contributed by atoms with Crippen LogP contribution in [0.2, 0.25) is 0 Å². The molecule has 98 valence electrons. The van der Waals surface area contributed by atoms with Gasteiger partial charge in [0.2, 0.25) is 5.91 Å². The van der Waals surface area contributed by atoms with Crippen molar-refractivity contribution in [3.8, 4) is 0 Å². The van der Waals surface area contributed by atoms with Gasteiger partial charge in [-0.2, -0.15) is 0 Å². The van der Waals surface area contributed by atoms with Crippen molar-refractivity contribution in [3.63, 3.8) is 0 Å². The van der Waals surface area contributed by atoms with Gasteiger partial charge < -0.3 is 11.1 Å². The average molecular weight is 238 g/mol. The van der Waals surface area contributed by atoms with Gasteiger partial charge in [-0.3, -0.25) is 4.79 Å². The van der Waals surface area contributed by atoms with Gasteiger partial charge in [0.1, 0.15) is 0 Å². The molecule has 1 amide bonds. The summed E-state index contributed by atoms with van der Waals surface area (Å²) in [6.07, 6.45) is 9.35. The second kappa shape index (κ2) is 5.38. The number of amides is 1. The molecule has 2 rings (SSSR count). The molecule has 17 heavy (non-hydrogen) atoms. The largest absolute Gasteiger partial charge is 0.354 e. The van der Waals surface area contributed by atoms with Crippen LogP contribution in [0.3, 0.4) is 0 Å². The van der Waals surface area contributed by atoms with Crippen LogP contribution in [0.4, 0.5) is 0 Å². The topological polar surface area (TPSA) is 55.1 Å². The first-order chi connectivity index (χ1) is 8.10.